The first-order chi connectivity index (χ1) is 19.7. The fraction of sp³-hybridized carbons (Fsp3) is 0.455. The zero-order valence-electron chi connectivity index (χ0n) is 23.8. The monoisotopic (exact) mass is 546 g/mol. The lowest BCUT2D eigenvalue weighted by Crippen LogP contribution is -2.41. The molecule has 0 unspecified atom stereocenters. The number of nitrogens with zero attached hydrogens (tertiary/aromatic N) is 1. The Balaban J connectivity index is 1.14. The average Bonchev–Trinajstić information content (AvgIpc) is 2.99. The summed E-state index contributed by atoms with van der Waals surface area (Å²) >= 11 is 0. The predicted octanol–water partition coefficient (Wildman–Crippen LogP) is 5.35. The van der Waals surface area contributed by atoms with Crippen LogP contribution < -0.4 is 24.4 Å². The van der Waals surface area contributed by atoms with Gasteiger partial charge in [-0.15, -0.1) is 0 Å². The molecule has 214 valence electrons. The predicted molar refractivity (Wildman–Crippen MR) is 158 cm³/mol. The number of ether oxygens (including phenoxy) is 5. The Kier molecular flexibility index (Phi) is 10.2. The first kappa shape index (κ1) is 28.3. The van der Waals surface area contributed by atoms with Crippen molar-refractivity contribution in [3.63, 3.8) is 0 Å². The van der Waals surface area contributed by atoms with E-state index in [9.17, 15) is 0 Å². The summed E-state index contributed by atoms with van der Waals surface area (Å²) in [6.07, 6.45) is 2.14. The van der Waals surface area contributed by atoms with E-state index in [0.29, 0.717) is 25.7 Å². The molecule has 5 rings (SSSR count). The van der Waals surface area contributed by atoms with Gasteiger partial charge in [-0.2, -0.15) is 0 Å². The Bertz CT molecular complexity index is 1200. The van der Waals surface area contributed by atoms with Crippen LogP contribution in [-0.2, 0) is 16.1 Å². The molecule has 1 fully saturated rings. The lowest BCUT2D eigenvalue weighted by atomic mass is 9.87. The first-order valence-electron chi connectivity index (χ1n) is 14.4. The number of anilines is 1. The normalized spacial score (nSPS) is 18.6. The molecule has 0 spiro atoms. The second-order valence-corrected chi connectivity index (χ2v) is 10.5. The molecule has 0 bridgehead atoms. The number of nitrogens with one attached hydrogen (secondary N) is 1. The van der Waals surface area contributed by atoms with Gasteiger partial charge in [-0.1, -0.05) is 30.3 Å². The van der Waals surface area contributed by atoms with E-state index < -0.39 is 0 Å². The highest BCUT2D eigenvalue weighted by atomic mass is 16.5. The number of hydrogen-bond donors (Lipinski definition) is 1. The van der Waals surface area contributed by atoms with Gasteiger partial charge in [-0.05, 0) is 79.4 Å². The molecule has 7 nitrogen and oxygen atoms in total. The van der Waals surface area contributed by atoms with Crippen LogP contribution in [0.3, 0.4) is 0 Å². The van der Waals surface area contributed by atoms with E-state index in [4.69, 9.17) is 23.7 Å². The zero-order valence-corrected chi connectivity index (χ0v) is 23.8. The van der Waals surface area contributed by atoms with Crippen molar-refractivity contribution in [3.8, 4) is 17.2 Å². The minimum atomic E-state index is 0.105. The number of aryl methyl sites for hydroxylation is 1. The highest BCUT2D eigenvalue weighted by Gasteiger charge is 2.27. The zero-order chi connectivity index (χ0) is 27.6. The van der Waals surface area contributed by atoms with Crippen LogP contribution >= 0.6 is 0 Å². The van der Waals surface area contributed by atoms with Gasteiger partial charge in [0, 0.05) is 32.7 Å². The average molecular weight is 547 g/mol. The van der Waals surface area contributed by atoms with Crippen molar-refractivity contribution in [2.45, 2.75) is 38.4 Å². The van der Waals surface area contributed by atoms with Crippen LogP contribution in [0.4, 0.5) is 5.69 Å². The van der Waals surface area contributed by atoms with Gasteiger partial charge >= 0.3 is 0 Å². The number of fused-ring (bicyclic) bond motifs is 1. The maximum Gasteiger partial charge on any atom is 0.142 e. The molecule has 0 amide bonds. The van der Waals surface area contributed by atoms with Crippen molar-refractivity contribution in [2.75, 3.05) is 64.6 Å². The second-order valence-electron chi connectivity index (χ2n) is 10.5. The summed E-state index contributed by atoms with van der Waals surface area (Å²) in [4.78, 5) is 2.39. The molecule has 0 radical (unpaired) electrons. The Morgan fingerprint density at radius 3 is 2.62 bits per heavy atom. The number of rotatable bonds is 13. The summed E-state index contributed by atoms with van der Waals surface area (Å²) in [7, 11) is 1.75. The van der Waals surface area contributed by atoms with E-state index in [1.54, 1.807) is 7.11 Å². The molecule has 3 aromatic carbocycles. The second kappa shape index (κ2) is 14.4. The van der Waals surface area contributed by atoms with Crippen LogP contribution in [0.1, 0.15) is 35.4 Å². The van der Waals surface area contributed by atoms with Crippen molar-refractivity contribution >= 4 is 5.69 Å². The highest BCUT2D eigenvalue weighted by Crippen LogP contribution is 2.34. The molecule has 2 aliphatic heterocycles. The van der Waals surface area contributed by atoms with Gasteiger partial charge in [0.2, 0.25) is 0 Å². The fourth-order valence-corrected chi connectivity index (χ4v) is 5.47. The van der Waals surface area contributed by atoms with Gasteiger partial charge in [0.1, 0.15) is 37.1 Å². The van der Waals surface area contributed by atoms with Crippen molar-refractivity contribution in [1.82, 2.24) is 5.32 Å². The van der Waals surface area contributed by atoms with Crippen molar-refractivity contribution in [2.24, 2.45) is 0 Å². The molecule has 1 N–H and O–H groups in total. The molecule has 2 atom stereocenters. The Labute approximate surface area is 238 Å². The largest absolute Gasteiger partial charge is 0.490 e. The smallest absolute Gasteiger partial charge is 0.142 e. The summed E-state index contributed by atoms with van der Waals surface area (Å²) in [5, 5.41) is 3.52. The van der Waals surface area contributed by atoms with Crippen LogP contribution in [0.2, 0.25) is 0 Å². The number of benzene rings is 3. The quantitative estimate of drug-likeness (QED) is 0.290. The Morgan fingerprint density at radius 2 is 1.80 bits per heavy atom. The van der Waals surface area contributed by atoms with E-state index in [0.717, 1.165) is 75.2 Å². The lowest BCUT2D eigenvalue weighted by Gasteiger charge is -2.33. The van der Waals surface area contributed by atoms with Gasteiger partial charge < -0.3 is 33.9 Å². The third-order valence-electron chi connectivity index (χ3n) is 7.57. The van der Waals surface area contributed by atoms with E-state index in [-0.39, 0.29) is 6.10 Å². The van der Waals surface area contributed by atoms with Crippen molar-refractivity contribution in [1.29, 1.82) is 0 Å². The van der Waals surface area contributed by atoms with Crippen molar-refractivity contribution in [3.05, 3.63) is 83.4 Å². The topological polar surface area (TPSA) is 61.4 Å². The molecule has 2 heterocycles. The van der Waals surface area contributed by atoms with Gasteiger partial charge in [0.25, 0.3) is 0 Å². The summed E-state index contributed by atoms with van der Waals surface area (Å²) in [6, 6.07) is 23.0. The standard InChI is InChI=1S/C33H42N2O5/c1-25-5-3-6-29(21-25)38-20-19-37-28-10-8-27(9-11-28)30-13-14-34-23-33(30)40-24-26-7-12-32-31(22-26)35(16-18-39-32)15-4-17-36-2/h3,5-12,21-22,30,33-34H,4,13-20,23-24H2,1-2H3/t30-,33+/m1/s1. The minimum absolute atomic E-state index is 0.105. The molecule has 40 heavy (non-hydrogen) atoms. The Morgan fingerprint density at radius 1 is 0.950 bits per heavy atom. The van der Waals surface area contributed by atoms with Crippen molar-refractivity contribution < 1.29 is 23.7 Å². The SMILES string of the molecule is COCCCN1CCOc2ccc(CO[C@H]3CNCC[C@@H]3c3ccc(OCCOc4cccc(C)c4)cc3)cc21. The fourth-order valence-electron chi connectivity index (χ4n) is 5.47. The Hall–Kier alpha value is -3.26. The summed E-state index contributed by atoms with van der Waals surface area (Å²) < 4.78 is 29.4. The molecule has 1 saturated heterocycles. The maximum atomic E-state index is 6.53. The molecule has 7 heteroatoms. The van der Waals surface area contributed by atoms with E-state index in [2.05, 4.69) is 65.7 Å². The summed E-state index contributed by atoms with van der Waals surface area (Å²) in [5.41, 5.74) is 4.80. The molecule has 0 aliphatic carbocycles. The van der Waals surface area contributed by atoms with Crippen LogP contribution in [0.15, 0.2) is 66.7 Å². The summed E-state index contributed by atoms with van der Waals surface area (Å²) in [6.45, 7) is 8.82. The molecule has 0 saturated carbocycles. The van der Waals surface area contributed by atoms with E-state index in [1.165, 1.54) is 16.7 Å². The van der Waals surface area contributed by atoms with Gasteiger partial charge in [0.05, 0.1) is 24.9 Å². The highest BCUT2D eigenvalue weighted by molar-refractivity contribution is 5.61. The van der Waals surface area contributed by atoms with E-state index >= 15 is 0 Å². The molecule has 3 aromatic rings. The number of methoxy groups -OCH3 is 1. The third-order valence-corrected chi connectivity index (χ3v) is 7.57. The van der Waals surface area contributed by atoms with Gasteiger partial charge in [-0.25, -0.2) is 0 Å². The number of hydrogen-bond acceptors (Lipinski definition) is 7. The van der Waals surface area contributed by atoms with Crippen LogP contribution in [-0.4, -0.2) is 65.8 Å². The van der Waals surface area contributed by atoms with Gasteiger partial charge in [-0.3, -0.25) is 0 Å². The number of piperidine rings is 1. The molecular weight excluding hydrogens is 504 g/mol. The third kappa shape index (κ3) is 7.68. The molecule has 2 aliphatic rings. The minimum Gasteiger partial charge on any atom is -0.490 e. The lowest BCUT2D eigenvalue weighted by molar-refractivity contribution is 0.0106. The van der Waals surface area contributed by atoms with Crippen LogP contribution in [0, 0.1) is 6.92 Å². The van der Waals surface area contributed by atoms with E-state index in [1.807, 2.05) is 18.2 Å². The molecular formula is C33H42N2O5. The maximum absolute atomic E-state index is 6.53. The van der Waals surface area contributed by atoms with Gasteiger partial charge in [0.15, 0.2) is 0 Å². The van der Waals surface area contributed by atoms with Crippen LogP contribution in [0.25, 0.3) is 0 Å². The summed E-state index contributed by atoms with van der Waals surface area (Å²) in [5.74, 6) is 3.02. The first-order valence-corrected chi connectivity index (χ1v) is 14.4. The molecule has 0 aromatic heterocycles. The van der Waals surface area contributed by atoms with Crippen LogP contribution in [0.5, 0.6) is 17.2 Å².